The first kappa shape index (κ1) is 13.5. The lowest BCUT2D eigenvalue weighted by Crippen LogP contribution is -2.01. The van der Waals surface area contributed by atoms with Crippen molar-refractivity contribution >= 4 is 23.1 Å². The average Bonchev–Trinajstić information content (AvgIpc) is 2.85. The Morgan fingerprint density at radius 2 is 2.00 bits per heavy atom. The van der Waals surface area contributed by atoms with Gasteiger partial charge in [-0.1, -0.05) is 12.1 Å². The molecular weight excluding hydrogens is 264 g/mol. The Balaban J connectivity index is 2.03. The van der Waals surface area contributed by atoms with Gasteiger partial charge in [0, 0.05) is 6.07 Å². The summed E-state index contributed by atoms with van der Waals surface area (Å²) in [6, 6.07) is 10.4. The second-order valence-corrected chi connectivity index (χ2v) is 4.79. The molecule has 0 radical (unpaired) electrons. The van der Waals surface area contributed by atoms with Crippen molar-refractivity contribution in [1.82, 2.24) is 0 Å². The van der Waals surface area contributed by atoms with Gasteiger partial charge >= 0.3 is 0 Å². The summed E-state index contributed by atoms with van der Waals surface area (Å²) in [5.74, 6) is 2.50. The molecule has 19 heavy (non-hydrogen) atoms. The third-order valence-corrected chi connectivity index (χ3v) is 3.13. The van der Waals surface area contributed by atoms with Crippen molar-refractivity contribution in [2.45, 2.75) is 12.3 Å². The first-order chi connectivity index (χ1) is 9.20. The summed E-state index contributed by atoms with van der Waals surface area (Å²) >= 11 is 1.69. The molecule has 0 saturated carbocycles. The number of nitrogens with zero attached hydrogens (tertiary/aromatic N) is 1. The predicted molar refractivity (Wildman–Crippen MR) is 76.4 cm³/mol. The third-order valence-electron chi connectivity index (χ3n) is 2.56. The zero-order valence-electron chi connectivity index (χ0n) is 10.5. The molecule has 0 amide bonds. The van der Waals surface area contributed by atoms with Gasteiger partial charge < -0.3 is 9.73 Å². The van der Waals surface area contributed by atoms with Crippen LogP contribution in [0.2, 0.25) is 0 Å². The van der Waals surface area contributed by atoms with E-state index in [4.69, 9.17) is 4.42 Å². The van der Waals surface area contributed by atoms with Crippen LogP contribution in [0, 0.1) is 10.1 Å². The summed E-state index contributed by atoms with van der Waals surface area (Å²) in [6.07, 6.45) is 2.01. The smallest absolute Gasteiger partial charge is 0.292 e. The van der Waals surface area contributed by atoms with E-state index in [0.29, 0.717) is 12.2 Å². The molecule has 0 aliphatic heterocycles. The molecule has 2 aromatic rings. The fourth-order valence-electron chi connectivity index (χ4n) is 1.70. The Morgan fingerprint density at radius 3 is 2.74 bits per heavy atom. The maximum atomic E-state index is 10.9. The molecule has 0 bridgehead atoms. The molecule has 1 heterocycles. The van der Waals surface area contributed by atoms with Gasteiger partial charge in [-0.05, 0) is 24.5 Å². The number of nitrogens with one attached hydrogen (secondary N) is 1. The second-order valence-electron chi connectivity index (χ2n) is 3.93. The van der Waals surface area contributed by atoms with Crippen LogP contribution in [-0.4, -0.2) is 11.2 Å². The van der Waals surface area contributed by atoms with E-state index in [2.05, 4.69) is 5.32 Å². The average molecular weight is 278 g/mol. The fourth-order valence-corrected chi connectivity index (χ4v) is 2.14. The third kappa shape index (κ3) is 3.51. The van der Waals surface area contributed by atoms with E-state index in [1.807, 2.05) is 18.4 Å². The van der Waals surface area contributed by atoms with E-state index in [-0.39, 0.29) is 5.69 Å². The van der Waals surface area contributed by atoms with Gasteiger partial charge in [0.1, 0.15) is 17.2 Å². The monoisotopic (exact) mass is 278 g/mol. The van der Waals surface area contributed by atoms with E-state index in [1.165, 1.54) is 6.07 Å². The van der Waals surface area contributed by atoms with Gasteiger partial charge in [-0.15, -0.1) is 0 Å². The highest BCUT2D eigenvalue weighted by molar-refractivity contribution is 7.97. The summed E-state index contributed by atoms with van der Waals surface area (Å²) in [4.78, 5) is 10.5. The highest BCUT2D eigenvalue weighted by Crippen LogP contribution is 2.24. The predicted octanol–water partition coefficient (Wildman–Crippen LogP) is 3.66. The first-order valence-corrected chi connectivity index (χ1v) is 7.14. The summed E-state index contributed by atoms with van der Waals surface area (Å²) in [7, 11) is 0. The van der Waals surface area contributed by atoms with Gasteiger partial charge in [0.15, 0.2) is 0 Å². The number of hydrogen-bond donors (Lipinski definition) is 1. The summed E-state index contributed by atoms with van der Waals surface area (Å²) in [5.41, 5.74) is 0.564. The summed E-state index contributed by atoms with van der Waals surface area (Å²) < 4.78 is 5.59. The summed E-state index contributed by atoms with van der Waals surface area (Å²) in [5, 5.41) is 13.9. The van der Waals surface area contributed by atoms with Crippen molar-refractivity contribution in [2.24, 2.45) is 0 Å². The van der Waals surface area contributed by atoms with E-state index in [9.17, 15) is 10.1 Å². The van der Waals surface area contributed by atoms with Crippen LogP contribution in [0.25, 0.3) is 0 Å². The van der Waals surface area contributed by atoms with Gasteiger partial charge in [-0.25, -0.2) is 0 Å². The van der Waals surface area contributed by atoms with Crippen LogP contribution in [0.4, 0.5) is 11.4 Å². The van der Waals surface area contributed by atoms with Gasteiger partial charge in [-0.3, -0.25) is 10.1 Å². The SMILES string of the molecule is CSCc1ccc(CNc2ccccc2[N+](=O)[O-])o1. The number of anilines is 1. The number of para-hydroxylation sites is 2. The Bertz CT molecular complexity index is 569. The molecule has 1 aromatic heterocycles. The fraction of sp³-hybridized carbons (Fsp3) is 0.231. The number of thioether (sulfide) groups is 1. The minimum Gasteiger partial charge on any atom is -0.463 e. The van der Waals surface area contributed by atoms with E-state index in [1.54, 1.807) is 30.0 Å². The van der Waals surface area contributed by atoms with Crippen LogP contribution in [0.3, 0.4) is 0 Å². The zero-order chi connectivity index (χ0) is 13.7. The molecular formula is C13H14N2O3S. The molecule has 1 N–H and O–H groups in total. The molecule has 2 rings (SSSR count). The highest BCUT2D eigenvalue weighted by Gasteiger charge is 2.12. The maximum Gasteiger partial charge on any atom is 0.292 e. The Labute approximate surface area is 115 Å². The van der Waals surface area contributed by atoms with Crippen molar-refractivity contribution in [3.05, 3.63) is 58.0 Å². The normalized spacial score (nSPS) is 10.4. The number of nitro benzene ring substituents is 1. The zero-order valence-corrected chi connectivity index (χ0v) is 11.3. The van der Waals surface area contributed by atoms with E-state index in [0.717, 1.165) is 17.3 Å². The van der Waals surface area contributed by atoms with Gasteiger partial charge in [0.05, 0.1) is 17.2 Å². The number of nitro groups is 1. The number of hydrogen-bond acceptors (Lipinski definition) is 5. The topological polar surface area (TPSA) is 68.3 Å². The quantitative estimate of drug-likeness (QED) is 0.645. The number of rotatable bonds is 6. The lowest BCUT2D eigenvalue weighted by atomic mass is 10.2. The van der Waals surface area contributed by atoms with Crippen LogP contribution in [0.15, 0.2) is 40.8 Å². The standard InChI is InChI=1S/C13H14N2O3S/c1-19-9-11-7-6-10(18-11)8-14-12-4-2-3-5-13(12)15(16)17/h2-7,14H,8-9H2,1H3. The second kappa shape index (κ2) is 6.29. The molecule has 1 aromatic carbocycles. The minimum atomic E-state index is -0.399. The van der Waals surface area contributed by atoms with Gasteiger partial charge in [-0.2, -0.15) is 11.8 Å². The van der Waals surface area contributed by atoms with Crippen molar-refractivity contribution in [1.29, 1.82) is 0 Å². The molecule has 0 saturated heterocycles. The van der Waals surface area contributed by atoms with Crippen LogP contribution in [0.1, 0.15) is 11.5 Å². The largest absolute Gasteiger partial charge is 0.463 e. The molecule has 0 aliphatic rings. The van der Waals surface area contributed by atoms with Gasteiger partial charge in [0.25, 0.3) is 5.69 Å². The lowest BCUT2D eigenvalue weighted by molar-refractivity contribution is -0.384. The Kier molecular flexibility index (Phi) is 4.46. The number of furan rings is 1. The number of benzene rings is 1. The van der Waals surface area contributed by atoms with Gasteiger partial charge in [0.2, 0.25) is 0 Å². The molecule has 0 spiro atoms. The van der Waals surface area contributed by atoms with Crippen LogP contribution < -0.4 is 5.32 Å². The van der Waals surface area contributed by atoms with Crippen LogP contribution in [-0.2, 0) is 12.3 Å². The molecule has 100 valence electrons. The molecule has 0 atom stereocenters. The molecule has 0 fully saturated rings. The molecule has 0 unspecified atom stereocenters. The van der Waals surface area contributed by atoms with Crippen molar-refractivity contribution in [2.75, 3.05) is 11.6 Å². The molecule has 6 heteroatoms. The highest BCUT2D eigenvalue weighted by atomic mass is 32.2. The van der Waals surface area contributed by atoms with E-state index < -0.39 is 4.92 Å². The molecule has 5 nitrogen and oxygen atoms in total. The summed E-state index contributed by atoms with van der Waals surface area (Å²) in [6.45, 7) is 0.430. The molecule has 0 aliphatic carbocycles. The lowest BCUT2D eigenvalue weighted by Gasteiger charge is -2.04. The van der Waals surface area contributed by atoms with Crippen LogP contribution in [0.5, 0.6) is 0 Å². The Hall–Kier alpha value is -1.95. The minimum absolute atomic E-state index is 0.0680. The van der Waals surface area contributed by atoms with Crippen molar-refractivity contribution in [3.8, 4) is 0 Å². The van der Waals surface area contributed by atoms with E-state index >= 15 is 0 Å². The van der Waals surface area contributed by atoms with Crippen molar-refractivity contribution < 1.29 is 9.34 Å². The maximum absolute atomic E-state index is 10.9. The van der Waals surface area contributed by atoms with Crippen LogP contribution >= 0.6 is 11.8 Å². The Morgan fingerprint density at radius 1 is 1.26 bits per heavy atom. The first-order valence-electron chi connectivity index (χ1n) is 5.74. The van der Waals surface area contributed by atoms with Crippen molar-refractivity contribution in [3.63, 3.8) is 0 Å².